The van der Waals surface area contributed by atoms with Gasteiger partial charge in [0.2, 0.25) is 11.7 Å². The number of nitrogens with zero attached hydrogens (tertiary/aromatic N) is 1. The minimum atomic E-state index is -0.535. The summed E-state index contributed by atoms with van der Waals surface area (Å²) in [5, 5.41) is 14.0. The maximum atomic E-state index is 12.6. The molecule has 36 heavy (non-hydrogen) atoms. The van der Waals surface area contributed by atoms with Gasteiger partial charge in [0.15, 0.2) is 17.2 Å². The fraction of sp³-hybridized carbons (Fsp3) is 0.148. The predicted molar refractivity (Wildman–Crippen MR) is 139 cm³/mol. The molecule has 0 aliphatic heterocycles. The first-order chi connectivity index (χ1) is 17.4. The van der Waals surface area contributed by atoms with Crippen molar-refractivity contribution in [3.05, 3.63) is 87.5 Å². The summed E-state index contributed by atoms with van der Waals surface area (Å²) in [6, 6.07) is 15.4. The molecule has 0 saturated heterocycles. The largest absolute Gasteiger partial charge is 0.493 e. The van der Waals surface area contributed by atoms with Crippen molar-refractivity contribution < 1.29 is 28.7 Å². The monoisotopic (exact) mass is 490 g/mol. The van der Waals surface area contributed by atoms with E-state index >= 15 is 0 Å². The number of nitro benzene ring substituents is 1. The van der Waals surface area contributed by atoms with Gasteiger partial charge in [0, 0.05) is 17.8 Å². The molecule has 0 unspecified atom stereocenters. The number of methoxy groups -OCH3 is 4. The van der Waals surface area contributed by atoms with Gasteiger partial charge in [-0.15, -0.1) is 0 Å². The van der Waals surface area contributed by atoms with Crippen LogP contribution in [0.15, 0.2) is 60.7 Å². The van der Waals surface area contributed by atoms with Gasteiger partial charge in [0.05, 0.1) is 33.4 Å². The molecule has 0 atom stereocenters. The zero-order chi connectivity index (χ0) is 26.1. The highest BCUT2D eigenvalue weighted by Crippen LogP contribution is 2.38. The Kier molecular flexibility index (Phi) is 8.66. The number of ether oxygens (including phenoxy) is 4. The van der Waals surface area contributed by atoms with Crippen molar-refractivity contribution in [3.63, 3.8) is 0 Å². The van der Waals surface area contributed by atoms with Crippen LogP contribution < -0.4 is 24.3 Å². The van der Waals surface area contributed by atoms with E-state index in [2.05, 4.69) is 5.32 Å². The van der Waals surface area contributed by atoms with Crippen molar-refractivity contribution >= 4 is 35.5 Å². The minimum Gasteiger partial charge on any atom is -0.493 e. The van der Waals surface area contributed by atoms with Crippen LogP contribution in [0.2, 0.25) is 0 Å². The number of anilines is 1. The fourth-order valence-electron chi connectivity index (χ4n) is 3.44. The lowest BCUT2D eigenvalue weighted by atomic mass is 10.1. The molecular weight excluding hydrogens is 464 g/mol. The van der Waals surface area contributed by atoms with Gasteiger partial charge in [-0.1, -0.05) is 36.4 Å². The van der Waals surface area contributed by atoms with Crippen LogP contribution >= 0.6 is 0 Å². The molecule has 0 radical (unpaired) electrons. The van der Waals surface area contributed by atoms with Crippen LogP contribution in [0.1, 0.15) is 16.7 Å². The molecule has 3 rings (SSSR count). The third kappa shape index (κ3) is 6.20. The Labute approximate surface area is 208 Å². The van der Waals surface area contributed by atoms with Crippen LogP contribution in [-0.2, 0) is 4.79 Å². The van der Waals surface area contributed by atoms with E-state index in [1.807, 2.05) is 42.5 Å². The number of benzene rings is 3. The summed E-state index contributed by atoms with van der Waals surface area (Å²) >= 11 is 0. The number of nitrogens with one attached hydrogen (secondary N) is 1. The van der Waals surface area contributed by atoms with Crippen LogP contribution in [0.3, 0.4) is 0 Å². The summed E-state index contributed by atoms with van der Waals surface area (Å²) in [6.07, 6.45) is 6.52. The fourth-order valence-corrected chi connectivity index (χ4v) is 3.44. The lowest BCUT2D eigenvalue weighted by Gasteiger charge is -2.13. The summed E-state index contributed by atoms with van der Waals surface area (Å²) in [4.78, 5) is 23.2. The quantitative estimate of drug-likeness (QED) is 0.174. The number of carbonyl (C=O) groups excluding carboxylic acids is 1. The zero-order valence-electron chi connectivity index (χ0n) is 20.3. The van der Waals surface area contributed by atoms with Gasteiger partial charge in [-0.05, 0) is 47.0 Å². The summed E-state index contributed by atoms with van der Waals surface area (Å²) in [5.41, 5.74) is 2.49. The van der Waals surface area contributed by atoms with Crippen molar-refractivity contribution in [2.45, 2.75) is 0 Å². The summed E-state index contributed by atoms with van der Waals surface area (Å²) in [7, 11) is 6.00. The lowest BCUT2D eigenvalue weighted by Crippen LogP contribution is -2.08. The molecule has 0 aromatic heterocycles. The molecule has 3 aromatic rings. The first-order valence-corrected chi connectivity index (χ1v) is 10.8. The van der Waals surface area contributed by atoms with Gasteiger partial charge < -0.3 is 24.3 Å². The summed E-state index contributed by atoms with van der Waals surface area (Å²) in [5.74, 6) is 1.32. The molecule has 0 fully saturated rings. The van der Waals surface area contributed by atoms with Gasteiger partial charge in [-0.2, -0.15) is 0 Å². The molecule has 3 aromatic carbocycles. The lowest BCUT2D eigenvalue weighted by molar-refractivity contribution is -0.385. The van der Waals surface area contributed by atoms with E-state index in [0.717, 1.165) is 11.1 Å². The SMILES string of the molecule is COc1ccc(/C=C/C(=O)Nc2ccccc2C=Cc2cc(OC)c(OC)c(OC)c2)cc1[N+](=O)[O-]. The number of rotatable bonds is 10. The Hall–Kier alpha value is -4.79. The molecule has 186 valence electrons. The van der Waals surface area contributed by atoms with Crippen molar-refractivity contribution in [1.29, 1.82) is 0 Å². The van der Waals surface area contributed by atoms with E-state index in [1.54, 1.807) is 33.5 Å². The normalized spacial score (nSPS) is 10.9. The Bertz CT molecular complexity index is 1290. The molecule has 0 heterocycles. The minimum absolute atomic E-state index is 0.148. The number of para-hydroxylation sites is 1. The number of amides is 1. The van der Waals surface area contributed by atoms with Gasteiger partial charge in [-0.3, -0.25) is 14.9 Å². The number of nitro groups is 1. The first-order valence-electron chi connectivity index (χ1n) is 10.8. The van der Waals surface area contributed by atoms with Gasteiger partial charge >= 0.3 is 5.69 Å². The van der Waals surface area contributed by atoms with Crippen LogP contribution in [0.4, 0.5) is 11.4 Å². The van der Waals surface area contributed by atoms with Gasteiger partial charge in [0.25, 0.3) is 0 Å². The summed E-state index contributed by atoms with van der Waals surface area (Å²) < 4.78 is 21.1. The van der Waals surface area contributed by atoms with Crippen molar-refractivity contribution in [3.8, 4) is 23.0 Å². The van der Waals surface area contributed by atoms with E-state index in [-0.39, 0.29) is 17.3 Å². The highest BCUT2D eigenvalue weighted by atomic mass is 16.6. The second kappa shape index (κ2) is 12.1. The van der Waals surface area contributed by atoms with E-state index in [0.29, 0.717) is 28.5 Å². The average molecular weight is 491 g/mol. The Balaban J connectivity index is 1.79. The maximum absolute atomic E-state index is 12.6. The topological polar surface area (TPSA) is 109 Å². The molecule has 0 bridgehead atoms. The van der Waals surface area contributed by atoms with Crippen LogP contribution in [0.25, 0.3) is 18.2 Å². The van der Waals surface area contributed by atoms with Gasteiger partial charge in [-0.25, -0.2) is 0 Å². The average Bonchev–Trinajstić information content (AvgIpc) is 2.90. The molecule has 9 nitrogen and oxygen atoms in total. The van der Waals surface area contributed by atoms with Crippen LogP contribution in [0, 0.1) is 10.1 Å². The third-order valence-corrected chi connectivity index (χ3v) is 5.19. The van der Waals surface area contributed by atoms with E-state index in [1.165, 1.54) is 31.4 Å². The zero-order valence-corrected chi connectivity index (χ0v) is 20.3. The van der Waals surface area contributed by atoms with E-state index in [9.17, 15) is 14.9 Å². The number of hydrogen-bond donors (Lipinski definition) is 1. The molecule has 0 aliphatic rings. The third-order valence-electron chi connectivity index (χ3n) is 5.19. The molecule has 9 heteroatoms. The van der Waals surface area contributed by atoms with Crippen molar-refractivity contribution in [2.24, 2.45) is 0 Å². The van der Waals surface area contributed by atoms with Crippen molar-refractivity contribution in [1.82, 2.24) is 0 Å². The smallest absolute Gasteiger partial charge is 0.311 e. The first kappa shape index (κ1) is 25.8. The molecular formula is C27H26N2O7. The Morgan fingerprint density at radius 2 is 1.47 bits per heavy atom. The number of carbonyl (C=O) groups is 1. The van der Waals surface area contributed by atoms with E-state index in [4.69, 9.17) is 18.9 Å². The molecule has 0 spiro atoms. The van der Waals surface area contributed by atoms with E-state index < -0.39 is 4.92 Å². The Morgan fingerprint density at radius 3 is 2.08 bits per heavy atom. The predicted octanol–water partition coefficient (Wildman–Crippen LogP) is 5.45. The Morgan fingerprint density at radius 1 is 0.806 bits per heavy atom. The maximum Gasteiger partial charge on any atom is 0.311 e. The molecule has 1 amide bonds. The second-order valence-electron chi connectivity index (χ2n) is 7.39. The van der Waals surface area contributed by atoms with Gasteiger partial charge in [0.1, 0.15) is 0 Å². The molecule has 0 aliphatic carbocycles. The number of hydrogen-bond acceptors (Lipinski definition) is 7. The highest BCUT2D eigenvalue weighted by molar-refractivity contribution is 6.03. The van der Waals surface area contributed by atoms with Crippen LogP contribution in [-0.4, -0.2) is 39.3 Å². The standard InChI is InChI=1S/C27H26N2O7/c1-33-23-13-10-18(15-22(23)29(31)32)11-14-26(30)28-21-8-6-5-7-20(21)12-9-19-16-24(34-2)27(36-4)25(17-19)35-3/h5-17H,1-4H3,(H,28,30)/b12-9?,14-11+. The van der Waals surface area contributed by atoms with Crippen LogP contribution in [0.5, 0.6) is 23.0 Å². The second-order valence-corrected chi connectivity index (χ2v) is 7.39. The molecule has 1 N–H and O–H groups in total. The highest BCUT2D eigenvalue weighted by Gasteiger charge is 2.15. The van der Waals surface area contributed by atoms with Crippen molar-refractivity contribution in [2.75, 3.05) is 33.8 Å². The summed E-state index contributed by atoms with van der Waals surface area (Å²) in [6.45, 7) is 0. The molecule has 0 saturated carbocycles.